The van der Waals surface area contributed by atoms with E-state index >= 15 is 0 Å². The lowest BCUT2D eigenvalue weighted by atomic mass is 9.82. The van der Waals surface area contributed by atoms with Crippen LogP contribution in [-0.2, 0) is 22.4 Å². The molecule has 4 nitrogen and oxygen atoms in total. The third-order valence-corrected chi connectivity index (χ3v) is 6.62. The third kappa shape index (κ3) is 3.65. The Balaban J connectivity index is 2.12. The van der Waals surface area contributed by atoms with E-state index in [1.807, 2.05) is 0 Å². The van der Waals surface area contributed by atoms with Gasteiger partial charge in [0.1, 0.15) is 0 Å². The molecule has 1 aliphatic rings. The zero-order chi connectivity index (χ0) is 15.5. The minimum Gasteiger partial charge on any atom is -0.392 e. The molecule has 0 spiro atoms. The second-order valence-corrected chi connectivity index (χ2v) is 7.99. The van der Waals surface area contributed by atoms with Crippen LogP contribution in [0.15, 0.2) is 24.3 Å². The van der Waals surface area contributed by atoms with Gasteiger partial charge in [0, 0.05) is 13.1 Å². The molecule has 118 valence electrons. The maximum Gasteiger partial charge on any atom is 0.218 e. The molecule has 0 aliphatic carbocycles. The Morgan fingerprint density at radius 2 is 1.90 bits per heavy atom. The minimum atomic E-state index is -3.28. The molecule has 1 aromatic carbocycles. The number of aliphatic hydroxyl groups is 1. The molecule has 0 saturated carbocycles. The van der Waals surface area contributed by atoms with Gasteiger partial charge in [0.05, 0.1) is 12.4 Å². The van der Waals surface area contributed by atoms with E-state index in [-0.39, 0.29) is 17.8 Å². The average Bonchev–Trinajstić information content (AvgIpc) is 2.93. The minimum absolute atomic E-state index is 0.0182. The molecule has 1 aromatic rings. The Morgan fingerprint density at radius 1 is 1.24 bits per heavy atom. The fourth-order valence-electron chi connectivity index (χ4n) is 3.08. The van der Waals surface area contributed by atoms with Gasteiger partial charge in [-0.3, -0.25) is 0 Å². The number of hydrogen-bond donors (Lipinski definition) is 1. The maximum atomic E-state index is 12.6. The Morgan fingerprint density at radius 3 is 2.48 bits per heavy atom. The van der Waals surface area contributed by atoms with E-state index in [4.69, 9.17) is 5.11 Å². The normalized spacial score (nSPS) is 19.0. The molecule has 0 bridgehead atoms. The third-order valence-electron chi connectivity index (χ3n) is 4.82. The number of benzene rings is 1. The predicted octanol–water partition coefficient (Wildman–Crippen LogP) is 2.52. The molecule has 1 heterocycles. The van der Waals surface area contributed by atoms with Crippen molar-refractivity contribution in [3.05, 3.63) is 35.4 Å². The van der Waals surface area contributed by atoms with Crippen LogP contribution in [0.1, 0.15) is 44.2 Å². The highest BCUT2D eigenvalue weighted by Crippen LogP contribution is 2.38. The molecule has 5 heteroatoms. The molecule has 0 unspecified atom stereocenters. The van der Waals surface area contributed by atoms with E-state index in [9.17, 15) is 8.42 Å². The van der Waals surface area contributed by atoms with Crippen molar-refractivity contribution in [2.45, 2.75) is 45.5 Å². The summed E-state index contributed by atoms with van der Waals surface area (Å²) >= 11 is 0. The van der Waals surface area contributed by atoms with E-state index in [1.54, 1.807) is 28.6 Å². The molecule has 0 aromatic heterocycles. The summed E-state index contributed by atoms with van der Waals surface area (Å²) in [6.07, 6.45) is 3.00. The van der Waals surface area contributed by atoms with Crippen LogP contribution in [-0.4, -0.2) is 30.9 Å². The standard InChI is InChI=1S/C16H25NO3S/c1-3-16(4-2)8-9-17(13-16)21(19,20)12-15-7-5-6-14(10-15)11-18/h5-7,10,18H,3-4,8-9,11-13H2,1-2H3. The molecule has 2 rings (SSSR count). The molecule has 0 amide bonds. The number of hydrogen-bond acceptors (Lipinski definition) is 3. The highest BCUT2D eigenvalue weighted by atomic mass is 32.2. The molecular weight excluding hydrogens is 286 g/mol. The Labute approximate surface area is 127 Å². The van der Waals surface area contributed by atoms with E-state index in [2.05, 4.69) is 13.8 Å². The molecule has 1 saturated heterocycles. The Bertz CT molecular complexity index is 579. The van der Waals surface area contributed by atoms with E-state index in [0.717, 1.165) is 30.4 Å². The number of aliphatic hydroxyl groups excluding tert-OH is 1. The van der Waals surface area contributed by atoms with Crippen molar-refractivity contribution < 1.29 is 13.5 Å². The summed E-state index contributed by atoms with van der Waals surface area (Å²) in [5.41, 5.74) is 1.65. The Hall–Kier alpha value is -0.910. The molecule has 0 atom stereocenters. The van der Waals surface area contributed by atoms with Gasteiger partial charge in [-0.25, -0.2) is 12.7 Å². The molecule has 1 N–H and O–H groups in total. The van der Waals surface area contributed by atoms with Crippen LogP contribution in [0.5, 0.6) is 0 Å². The molecule has 21 heavy (non-hydrogen) atoms. The number of rotatable bonds is 6. The van der Waals surface area contributed by atoms with Crippen molar-refractivity contribution in [1.29, 1.82) is 0 Å². The van der Waals surface area contributed by atoms with Gasteiger partial charge in [-0.2, -0.15) is 0 Å². The first kappa shape index (κ1) is 16.5. The van der Waals surface area contributed by atoms with Gasteiger partial charge in [-0.15, -0.1) is 0 Å². The lowest BCUT2D eigenvalue weighted by molar-refractivity contribution is 0.279. The number of sulfonamides is 1. The lowest BCUT2D eigenvalue weighted by Gasteiger charge is -2.26. The lowest BCUT2D eigenvalue weighted by Crippen LogP contribution is -2.32. The van der Waals surface area contributed by atoms with Crippen LogP contribution in [0.2, 0.25) is 0 Å². The van der Waals surface area contributed by atoms with Gasteiger partial charge in [0.15, 0.2) is 0 Å². The van der Waals surface area contributed by atoms with Crippen LogP contribution in [0.4, 0.5) is 0 Å². The van der Waals surface area contributed by atoms with Crippen molar-refractivity contribution in [2.24, 2.45) is 5.41 Å². The smallest absolute Gasteiger partial charge is 0.218 e. The zero-order valence-corrected chi connectivity index (χ0v) is 13.7. The van der Waals surface area contributed by atoms with Crippen LogP contribution < -0.4 is 0 Å². The fraction of sp³-hybridized carbons (Fsp3) is 0.625. The van der Waals surface area contributed by atoms with Gasteiger partial charge < -0.3 is 5.11 Å². The zero-order valence-electron chi connectivity index (χ0n) is 12.9. The van der Waals surface area contributed by atoms with Crippen molar-refractivity contribution in [3.63, 3.8) is 0 Å². The van der Waals surface area contributed by atoms with Gasteiger partial charge in [-0.05, 0) is 35.8 Å². The highest BCUT2D eigenvalue weighted by molar-refractivity contribution is 7.88. The maximum absolute atomic E-state index is 12.6. The Kier molecular flexibility index (Phi) is 5.07. The summed E-state index contributed by atoms with van der Waals surface area (Å²) in [6.45, 7) is 5.49. The van der Waals surface area contributed by atoms with Crippen molar-refractivity contribution in [1.82, 2.24) is 4.31 Å². The molecule has 0 radical (unpaired) electrons. The fourth-order valence-corrected chi connectivity index (χ4v) is 4.70. The summed E-state index contributed by atoms with van der Waals surface area (Å²) in [7, 11) is -3.28. The average molecular weight is 311 g/mol. The first-order chi connectivity index (χ1) is 9.94. The monoisotopic (exact) mass is 311 g/mol. The first-order valence-corrected chi connectivity index (χ1v) is 9.22. The second kappa shape index (κ2) is 6.46. The van der Waals surface area contributed by atoms with E-state index in [0.29, 0.717) is 13.1 Å². The van der Waals surface area contributed by atoms with Crippen molar-refractivity contribution >= 4 is 10.0 Å². The van der Waals surface area contributed by atoms with Crippen LogP contribution in [0, 0.1) is 5.41 Å². The van der Waals surface area contributed by atoms with Gasteiger partial charge in [0.25, 0.3) is 0 Å². The summed E-state index contributed by atoms with van der Waals surface area (Å²) in [4.78, 5) is 0. The highest BCUT2D eigenvalue weighted by Gasteiger charge is 2.39. The van der Waals surface area contributed by atoms with Gasteiger partial charge in [0.2, 0.25) is 10.0 Å². The summed E-state index contributed by atoms with van der Waals surface area (Å²) in [6, 6.07) is 7.16. The van der Waals surface area contributed by atoms with Gasteiger partial charge >= 0.3 is 0 Å². The van der Waals surface area contributed by atoms with Crippen LogP contribution in [0.25, 0.3) is 0 Å². The molecule has 1 aliphatic heterocycles. The molecule has 1 fully saturated rings. The van der Waals surface area contributed by atoms with E-state index < -0.39 is 10.0 Å². The van der Waals surface area contributed by atoms with Crippen LogP contribution in [0.3, 0.4) is 0 Å². The molecular formula is C16H25NO3S. The SMILES string of the molecule is CCC1(CC)CCN(S(=O)(=O)Cc2cccc(CO)c2)C1. The predicted molar refractivity (Wildman–Crippen MR) is 84.2 cm³/mol. The van der Waals surface area contributed by atoms with Crippen LogP contribution >= 0.6 is 0 Å². The quantitative estimate of drug-likeness (QED) is 0.878. The van der Waals surface area contributed by atoms with Crippen molar-refractivity contribution in [2.75, 3.05) is 13.1 Å². The summed E-state index contributed by atoms with van der Waals surface area (Å²) < 4.78 is 26.8. The second-order valence-electron chi connectivity index (χ2n) is 6.02. The summed E-state index contributed by atoms with van der Waals surface area (Å²) in [5.74, 6) is 0.0182. The summed E-state index contributed by atoms with van der Waals surface area (Å²) in [5, 5.41) is 9.14. The largest absolute Gasteiger partial charge is 0.392 e. The number of nitrogens with zero attached hydrogens (tertiary/aromatic N) is 1. The van der Waals surface area contributed by atoms with Crippen molar-refractivity contribution in [3.8, 4) is 0 Å². The topological polar surface area (TPSA) is 57.6 Å². The van der Waals surface area contributed by atoms with Gasteiger partial charge in [-0.1, -0.05) is 38.1 Å². The van der Waals surface area contributed by atoms with E-state index in [1.165, 1.54) is 0 Å². The first-order valence-electron chi connectivity index (χ1n) is 7.61.